The Hall–Kier alpha value is -1.13. The van der Waals surface area contributed by atoms with E-state index in [1.54, 1.807) is 12.1 Å². The number of hydrogen-bond acceptors (Lipinski definition) is 3. The summed E-state index contributed by atoms with van der Waals surface area (Å²) in [4.78, 5) is 15.7. The van der Waals surface area contributed by atoms with Crippen LogP contribution in [0.3, 0.4) is 0 Å². The van der Waals surface area contributed by atoms with Gasteiger partial charge in [-0.1, -0.05) is 18.0 Å². The van der Waals surface area contributed by atoms with Gasteiger partial charge in [0.15, 0.2) is 0 Å². The second-order valence-electron chi connectivity index (χ2n) is 4.33. The quantitative estimate of drug-likeness (QED) is 0.862. The Kier molecular flexibility index (Phi) is 3.97. The zero-order valence-electron chi connectivity index (χ0n) is 9.40. The van der Waals surface area contributed by atoms with Crippen molar-refractivity contribution in [2.24, 2.45) is 5.92 Å². The van der Waals surface area contributed by atoms with Gasteiger partial charge in [0.05, 0.1) is 11.1 Å². The molecular weight excluding hydrogens is 240 g/mol. The monoisotopic (exact) mass is 254 g/mol. The second kappa shape index (κ2) is 5.47. The summed E-state index contributed by atoms with van der Waals surface area (Å²) in [5, 5.41) is 12.9. The number of rotatable bonds is 3. The predicted molar refractivity (Wildman–Crippen MR) is 64.9 cm³/mol. The highest BCUT2D eigenvalue weighted by Gasteiger charge is 2.25. The number of hydrogen-bond donors (Lipinski definition) is 2. The van der Waals surface area contributed by atoms with Crippen LogP contribution in [0.25, 0.3) is 0 Å². The molecule has 1 heterocycles. The highest BCUT2D eigenvalue weighted by atomic mass is 35.5. The van der Waals surface area contributed by atoms with E-state index in [-0.39, 0.29) is 17.9 Å². The highest BCUT2D eigenvalue weighted by molar-refractivity contribution is 6.30. The molecule has 2 N–H and O–H groups in total. The molecule has 2 atom stereocenters. The maximum atomic E-state index is 11.7. The van der Waals surface area contributed by atoms with Crippen LogP contribution in [0, 0.1) is 5.92 Å². The molecular formula is C12H15ClN2O2. The number of aromatic nitrogens is 1. The van der Waals surface area contributed by atoms with Crippen LogP contribution in [0.1, 0.15) is 29.8 Å². The molecule has 0 radical (unpaired) electrons. The van der Waals surface area contributed by atoms with Crippen molar-refractivity contribution < 1.29 is 9.90 Å². The Bertz CT molecular complexity index is 394. The molecule has 0 bridgehead atoms. The van der Waals surface area contributed by atoms with Crippen molar-refractivity contribution in [2.75, 3.05) is 6.54 Å². The van der Waals surface area contributed by atoms with Gasteiger partial charge in [-0.3, -0.25) is 4.79 Å². The zero-order chi connectivity index (χ0) is 12.3. The lowest BCUT2D eigenvalue weighted by Gasteiger charge is -2.14. The van der Waals surface area contributed by atoms with E-state index in [1.165, 1.54) is 6.20 Å². The minimum Gasteiger partial charge on any atom is -0.393 e. The molecule has 0 saturated heterocycles. The van der Waals surface area contributed by atoms with Gasteiger partial charge >= 0.3 is 0 Å². The van der Waals surface area contributed by atoms with Gasteiger partial charge in [0, 0.05) is 18.7 Å². The third kappa shape index (κ3) is 3.17. The van der Waals surface area contributed by atoms with Gasteiger partial charge in [-0.25, -0.2) is 4.98 Å². The van der Waals surface area contributed by atoms with E-state index < -0.39 is 0 Å². The van der Waals surface area contributed by atoms with Crippen molar-refractivity contribution in [3.05, 3.63) is 29.0 Å². The minimum atomic E-state index is -0.284. The Morgan fingerprint density at radius 2 is 2.35 bits per heavy atom. The summed E-state index contributed by atoms with van der Waals surface area (Å²) >= 11 is 5.69. The zero-order valence-corrected chi connectivity index (χ0v) is 10.2. The molecule has 17 heavy (non-hydrogen) atoms. The van der Waals surface area contributed by atoms with Crippen LogP contribution in [0.5, 0.6) is 0 Å². The molecule has 2 rings (SSSR count). The third-order valence-electron chi connectivity index (χ3n) is 3.10. The average molecular weight is 255 g/mol. The molecule has 1 aromatic rings. The van der Waals surface area contributed by atoms with Crippen molar-refractivity contribution in [2.45, 2.75) is 25.4 Å². The summed E-state index contributed by atoms with van der Waals surface area (Å²) in [6.45, 7) is 0.504. The largest absolute Gasteiger partial charge is 0.393 e. The molecule has 0 spiro atoms. The van der Waals surface area contributed by atoms with Crippen LogP contribution in [0.2, 0.25) is 5.02 Å². The van der Waals surface area contributed by atoms with Gasteiger partial charge in [0.2, 0.25) is 0 Å². The second-order valence-corrected chi connectivity index (χ2v) is 4.77. The fourth-order valence-corrected chi connectivity index (χ4v) is 2.19. The molecule has 1 saturated carbocycles. The molecule has 4 nitrogen and oxygen atoms in total. The number of pyridine rings is 1. The molecule has 1 aliphatic carbocycles. The van der Waals surface area contributed by atoms with E-state index in [9.17, 15) is 9.90 Å². The summed E-state index contributed by atoms with van der Waals surface area (Å²) in [5.41, 5.74) is 0.349. The molecule has 0 aliphatic heterocycles. The number of aliphatic hydroxyl groups excluding tert-OH is 1. The maximum Gasteiger partial charge on any atom is 0.269 e. The van der Waals surface area contributed by atoms with Gasteiger partial charge in [-0.2, -0.15) is 0 Å². The number of carbonyl (C=O) groups is 1. The first-order valence-electron chi connectivity index (χ1n) is 5.74. The lowest BCUT2D eigenvalue weighted by molar-refractivity contribution is 0.0912. The first-order chi connectivity index (χ1) is 8.16. The first kappa shape index (κ1) is 12.3. The number of carbonyl (C=O) groups excluding carboxylic acids is 1. The standard InChI is InChI=1S/C12H15ClN2O2/c13-9-4-5-10(14-7-9)12(17)15-6-8-2-1-3-11(8)16/h4-5,7-8,11,16H,1-3,6H2,(H,15,17). The topological polar surface area (TPSA) is 62.2 Å². The maximum absolute atomic E-state index is 11.7. The van der Waals surface area contributed by atoms with E-state index in [0.29, 0.717) is 17.3 Å². The Morgan fingerprint density at radius 1 is 1.53 bits per heavy atom. The van der Waals surface area contributed by atoms with E-state index in [4.69, 9.17) is 11.6 Å². The fraction of sp³-hybridized carbons (Fsp3) is 0.500. The average Bonchev–Trinajstić information content (AvgIpc) is 2.73. The van der Waals surface area contributed by atoms with Crippen molar-refractivity contribution in [1.82, 2.24) is 10.3 Å². The third-order valence-corrected chi connectivity index (χ3v) is 3.33. The van der Waals surface area contributed by atoms with E-state index in [1.807, 2.05) is 0 Å². The Morgan fingerprint density at radius 3 is 2.94 bits per heavy atom. The van der Waals surface area contributed by atoms with Crippen LogP contribution in [0.4, 0.5) is 0 Å². The van der Waals surface area contributed by atoms with Crippen molar-refractivity contribution >= 4 is 17.5 Å². The SMILES string of the molecule is O=C(NCC1CCCC1O)c1ccc(Cl)cn1. The number of nitrogens with one attached hydrogen (secondary N) is 1. The van der Waals surface area contributed by atoms with E-state index in [0.717, 1.165) is 19.3 Å². The van der Waals surface area contributed by atoms with Gasteiger partial charge < -0.3 is 10.4 Å². The summed E-state index contributed by atoms with van der Waals surface area (Å²) in [6, 6.07) is 3.22. The van der Waals surface area contributed by atoms with Crippen LogP contribution in [0.15, 0.2) is 18.3 Å². The summed E-state index contributed by atoms with van der Waals surface area (Å²) in [7, 11) is 0. The number of amides is 1. The summed E-state index contributed by atoms with van der Waals surface area (Å²) in [6.07, 6.45) is 3.99. The Labute approximate surface area is 105 Å². The predicted octanol–water partition coefficient (Wildman–Crippen LogP) is 1.63. The number of nitrogens with zero attached hydrogens (tertiary/aromatic N) is 1. The lowest BCUT2D eigenvalue weighted by atomic mass is 10.1. The van der Waals surface area contributed by atoms with Gasteiger partial charge in [-0.05, 0) is 25.0 Å². The molecule has 92 valence electrons. The van der Waals surface area contributed by atoms with Crippen LogP contribution in [-0.2, 0) is 0 Å². The van der Waals surface area contributed by atoms with E-state index >= 15 is 0 Å². The van der Waals surface area contributed by atoms with Crippen LogP contribution in [-0.4, -0.2) is 28.6 Å². The lowest BCUT2D eigenvalue weighted by Crippen LogP contribution is -2.32. The first-order valence-corrected chi connectivity index (χ1v) is 6.12. The van der Waals surface area contributed by atoms with Crippen molar-refractivity contribution in [3.8, 4) is 0 Å². The number of halogens is 1. The smallest absolute Gasteiger partial charge is 0.269 e. The van der Waals surface area contributed by atoms with Gasteiger partial charge in [-0.15, -0.1) is 0 Å². The molecule has 1 amide bonds. The van der Waals surface area contributed by atoms with Crippen LogP contribution >= 0.6 is 11.6 Å². The van der Waals surface area contributed by atoms with Crippen molar-refractivity contribution in [1.29, 1.82) is 0 Å². The van der Waals surface area contributed by atoms with Crippen LogP contribution < -0.4 is 5.32 Å². The fourth-order valence-electron chi connectivity index (χ4n) is 2.08. The minimum absolute atomic E-state index is 0.172. The molecule has 5 heteroatoms. The van der Waals surface area contributed by atoms with Crippen molar-refractivity contribution in [3.63, 3.8) is 0 Å². The Balaban J connectivity index is 1.87. The van der Waals surface area contributed by atoms with E-state index in [2.05, 4.69) is 10.3 Å². The molecule has 2 unspecified atom stereocenters. The molecule has 1 aromatic heterocycles. The highest BCUT2D eigenvalue weighted by Crippen LogP contribution is 2.24. The number of aliphatic hydroxyl groups is 1. The molecule has 1 aliphatic rings. The van der Waals surface area contributed by atoms with Gasteiger partial charge in [0.25, 0.3) is 5.91 Å². The molecule has 0 aromatic carbocycles. The summed E-state index contributed by atoms with van der Waals surface area (Å²) < 4.78 is 0. The normalized spacial score (nSPS) is 23.6. The molecule has 1 fully saturated rings. The van der Waals surface area contributed by atoms with Gasteiger partial charge in [0.1, 0.15) is 5.69 Å². The summed E-state index contributed by atoms with van der Waals surface area (Å²) in [5.74, 6) is -0.0491.